The van der Waals surface area contributed by atoms with Gasteiger partial charge in [0, 0.05) is 95.4 Å². The Hall–Kier alpha value is -6.67. The number of pyridine rings is 2. The van der Waals surface area contributed by atoms with E-state index in [0.29, 0.717) is 50.6 Å². The molecule has 0 saturated carbocycles. The Morgan fingerprint density at radius 2 is 1.61 bits per heavy atom. The summed E-state index contributed by atoms with van der Waals surface area (Å²) in [6.07, 6.45) is 9.76. The fourth-order valence-corrected chi connectivity index (χ4v) is 8.95. The van der Waals surface area contributed by atoms with Crippen molar-refractivity contribution in [1.82, 2.24) is 30.5 Å². The van der Waals surface area contributed by atoms with Gasteiger partial charge in [-0.25, -0.2) is 19.4 Å². The molecule has 5 amide bonds. The van der Waals surface area contributed by atoms with Gasteiger partial charge in [0.05, 0.1) is 30.2 Å². The first-order valence-electron chi connectivity index (χ1n) is 23.5. The molecule has 4 heterocycles. The number of hydrogen-bond acceptors (Lipinski definition) is 12. The number of amides is 5. The van der Waals surface area contributed by atoms with Crippen LogP contribution in [-0.4, -0.2) is 123 Å². The molecule has 2 aromatic carbocycles. The van der Waals surface area contributed by atoms with Crippen molar-refractivity contribution >= 4 is 83.8 Å². The van der Waals surface area contributed by atoms with Crippen LogP contribution in [0.4, 0.5) is 15.3 Å². The van der Waals surface area contributed by atoms with Gasteiger partial charge >= 0.3 is 24.1 Å². The van der Waals surface area contributed by atoms with Crippen molar-refractivity contribution < 1.29 is 48.5 Å². The second-order valence-corrected chi connectivity index (χ2v) is 24.9. The summed E-state index contributed by atoms with van der Waals surface area (Å²) in [7, 11) is -1.23. The number of fused-ring (bicyclic) bond motifs is 2. The van der Waals surface area contributed by atoms with E-state index < -0.39 is 38.1 Å². The first kappa shape index (κ1) is 54.3. The van der Waals surface area contributed by atoms with Gasteiger partial charge in [0.15, 0.2) is 0 Å². The molecular weight excluding hydrogens is 933 g/mol. The van der Waals surface area contributed by atoms with E-state index in [1.54, 1.807) is 34.8 Å². The summed E-state index contributed by atoms with van der Waals surface area (Å²) in [6.45, 7) is 8.86. The summed E-state index contributed by atoms with van der Waals surface area (Å²) in [5.41, 5.74) is 6.18. The number of carbonyl (C=O) groups is 7. The number of nitrogens with zero attached hydrogens (tertiary/aromatic N) is 5. The number of urea groups is 1. The van der Waals surface area contributed by atoms with E-state index in [1.165, 1.54) is 11.8 Å². The first-order chi connectivity index (χ1) is 33.5. The number of aliphatic carboxylic acids is 2. The van der Waals surface area contributed by atoms with Crippen molar-refractivity contribution in [2.24, 2.45) is 5.10 Å². The number of nitrogens with one attached hydrogen (secondary N) is 3. The van der Waals surface area contributed by atoms with Crippen LogP contribution in [-0.2, 0) is 41.8 Å². The summed E-state index contributed by atoms with van der Waals surface area (Å²) < 4.78 is 4.96. The second kappa shape index (κ2) is 26.9. The van der Waals surface area contributed by atoms with E-state index in [0.717, 1.165) is 70.6 Å². The molecule has 2 aliphatic rings. The van der Waals surface area contributed by atoms with Crippen molar-refractivity contribution in [3.05, 3.63) is 102 Å². The highest BCUT2D eigenvalue weighted by molar-refractivity contribution is 7.98. The van der Waals surface area contributed by atoms with Crippen LogP contribution in [0.2, 0.25) is 25.7 Å². The zero-order valence-corrected chi connectivity index (χ0v) is 42.1. The molecule has 2 aromatic heterocycles. The molecule has 0 spiro atoms. The molecule has 0 aliphatic carbocycles. The van der Waals surface area contributed by atoms with E-state index in [1.807, 2.05) is 60.7 Å². The van der Waals surface area contributed by atoms with Crippen LogP contribution in [0.1, 0.15) is 86.0 Å². The Bertz CT molecular complexity index is 2470. The number of carboxylic acids is 2. The van der Waals surface area contributed by atoms with Gasteiger partial charge in [0.25, 0.3) is 5.91 Å². The van der Waals surface area contributed by atoms with Crippen LogP contribution in [0.15, 0.2) is 84.4 Å². The highest BCUT2D eigenvalue weighted by Gasteiger charge is 2.34. The largest absolute Gasteiger partial charge is 0.481 e. The van der Waals surface area contributed by atoms with Crippen molar-refractivity contribution in [2.75, 3.05) is 37.0 Å². The lowest BCUT2D eigenvalue weighted by atomic mass is 9.86. The SMILES string of the molecule is CSC[C@H](NC(=O)OCC[Si](C)(C)C)C(=O)O.O=C(O)CCC(=O)CCC(=O)NCCCCCCN1N=C(c2ccc(NC(=O)N3Cc4ccncc4C3)cc2)CC(c2cccc3ncccc23)C1=O. The Kier molecular flexibility index (Phi) is 20.9. The number of rotatable bonds is 23. The highest BCUT2D eigenvalue weighted by atomic mass is 32.2. The van der Waals surface area contributed by atoms with Gasteiger partial charge in [-0.15, -0.1) is 0 Å². The van der Waals surface area contributed by atoms with Crippen LogP contribution in [0.25, 0.3) is 10.9 Å². The summed E-state index contributed by atoms with van der Waals surface area (Å²) in [6, 6.07) is 19.0. The summed E-state index contributed by atoms with van der Waals surface area (Å²) >= 11 is 1.36. The summed E-state index contributed by atoms with van der Waals surface area (Å²) in [5.74, 6) is -2.72. The summed E-state index contributed by atoms with van der Waals surface area (Å²) in [5, 5.41) is 33.0. The number of hydrazone groups is 1. The van der Waals surface area contributed by atoms with E-state index in [2.05, 4.69) is 45.6 Å². The van der Waals surface area contributed by atoms with Crippen LogP contribution < -0.4 is 16.0 Å². The molecule has 4 aromatic rings. The third-order valence-electron chi connectivity index (χ3n) is 11.6. The molecular formula is C50H64N8O10SSi. The minimum absolute atomic E-state index is 0.0368. The number of alkyl carbamates (subject to hydrolysis) is 1. The monoisotopic (exact) mass is 996 g/mol. The minimum Gasteiger partial charge on any atom is -0.481 e. The molecule has 6 rings (SSSR count). The normalized spacial score (nSPS) is 14.7. The maximum Gasteiger partial charge on any atom is 0.407 e. The lowest BCUT2D eigenvalue weighted by Gasteiger charge is -2.30. The fourth-order valence-electron chi connectivity index (χ4n) is 7.67. The number of aromatic nitrogens is 2. The molecule has 0 saturated heterocycles. The minimum atomic E-state index is -1.23. The quantitative estimate of drug-likeness (QED) is 0.0354. The zero-order chi connectivity index (χ0) is 50.6. The van der Waals surface area contributed by atoms with Gasteiger partial charge < -0.3 is 35.8 Å². The van der Waals surface area contributed by atoms with Crippen LogP contribution in [0, 0.1) is 0 Å². The van der Waals surface area contributed by atoms with Gasteiger partial charge in [-0.05, 0) is 77.7 Å². The number of hydrogen-bond donors (Lipinski definition) is 5. The number of thioether (sulfide) groups is 1. The molecule has 0 bridgehead atoms. The van der Waals surface area contributed by atoms with Gasteiger partial charge in [0.1, 0.15) is 11.8 Å². The molecule has 1 unspecified atom stereocenters. The zero-order valence-electron chi connectivity index (χ0n) is 40.3. The molecule has 0 fully saturated rings. The number of unbranched alkanes of at least 4 members (excludes halogenated alkanes) is 3. The van der Waals surface area contributed by atoms with Crippen molar-refractivity contribution in [3.63, 3.8) is 0 Å². The van der Waals surface area contributed by atoms with Gasteiger partial charge in [-0.1, -0.05) is 62.8 Å². The van der Waals surface area contributed by atoms with Crippen molar-refractivity contribution in [2.45, 2.75) is 109 Å². The van der Waals surface area contributed by atoms with Gasteiger partial charge in [-0.3, -0.25) is 29.1 Å². The lowest BCUT2D eigenvalue weighted by molar-refractivity contribution is -0.139. The molecule has 0 radical (unpaired) electrons. The predicted molar refractivity (Wildman–Crippen MR) is 271 cm³/mol. The molecule has 70 heavy (non-hydrogen) atoms. The third kappa shape index (κ3) is 17.4. The van der Waals surface area contributed by atoms with E-state index >= 15 is 0 Å². The molecule has 18 nitrogen and oxygen atoms in total. The number of anilines is 1. The van der Waals surface area contributed by atoms with E-state index in [-0.39, 0.29) is 49.3 Å². The fraction of sp³-hybridized carbons (Fsp3) is 0.440. The lowest BCUT2D eigenvalue weighted by Crippen LogP contribution is -2.43. The van der Waals surface area contributed by atoms with Crippen LogP contribution in [0.5, 0.6) is 0 Å². The highest BCUT2D eigenvalue weighted by Crippen LogP contribution is 2.34. The van der Waals surface area contributed by atoms with Crippen molar-refractivity contribution in [1.29, 1.82) is 0 Å². The maximum absolute atomic E-state index is 14.0. The average molecular weight is 997 g/mol. The van der Waals surface area contributed by atoms with Crippen LogP contribution >= 0.6 is 11.8 Å². The number of ketones is 1. The molecule has 5 N–H and O–H groups in total. The molecule has 20 heteroatoms. The first-order valence-corrected chi connectivity index (χ1v) is 28.6. The van der Waals surface area contributed by atoms with Crippen LogP contribution in [0.3, 0.4) is 0 Å². The number of carbonyl (C=O) groups excluding carboxylic acids is 5. The molecule has 2 atom stereocenters. The van der Waals surface area contributed by atoms with E-state index in [9.17, 15) is 33.6 Å². The standard InChI is InChI=1S/C40H43N7O6.C10H21NO4SSi/c48-31(15-17-38(50)51)14-16-37(49)43-19-3-1-2-4-22-47-39(52)34(32-7-5-9-35-33(32)8-6-20-42-35)23-36(45-47)27-10-12-30(13-11-27)44-40(53)46-25-28-18-21-41-24-29(28)26-46;1-16-7-8(9(12)13)11-10(14)15-5-6-17(2,3)4/h5-13,18,20-21,24,34H,1-4,14-17,19,22-23,25-26H2,(H,43,49)(H,44,53)(H,50,51);8H,5-7H2,1-4H3,(H,11,14)(H,12,13)/t;8-/m.0/s1. The second-order valence-electron chi connectivity index (χ2n) is 18.3. The Morgan fingerprint density at radius 1 is 0.871 bits per heavy atom. The van der Waals surface area contributed by atoms with E-state index in [4.69, 9.17) is 20.1 Å². The average Bonchev–Trinajstić information content (AvgIpc) is 3.78. The topological polar surface area (TPSA) is 250 Å². The Balaban J connectivity index is 0.000000458. The Labute approximate surface area is 413 Å². The smallest absolute Gasteiger partial charge is 0.407 e. The third-order valence-corrected chi connectivity index (χ3v) is 14.0. The molecule has 2 aliphatic heterocycles. The number of benzene rings is 2. The van der Waals surface area contributed by atoms with Crippen molar-refractivity contribution in [3.8, 4) is 0 Å². The number of ether oxygens (including phenoxy) is 1. The molecule has 374 valence electrons. The predicted octanol–water partition coefficient (Wildman–Crippen LogP) is 7.66. The van der Waals surface area contributed by atoms with Gasteiger partial charge in [-0.2, -0.15) is 16.9 Å². The summed E-state index contributed by atoms with van der Waals surface area (Å²) in [4.78, 5) is 94.0. The Morgan fingerprint density at radius 3 is 2.33 bits per heavy atom. The maximum atomic E-state index is 14.0. The number of Topliss-reactive ketones (excluding diaryl/α,β-unsaturated/α-hetero) is 1. The number of carboxylic acid groups (broad SMARTS) is 2. The van der Waals surface area contributed by atoms with Gasteiger partial charge in [0.2, 0.25) is 5.91 Å².